The topological polar surface area (TPSA) is 95.2 Å². The van der Waals surface area contributed by atoms with E-state index in [1.54, 1.807) is 0 Å². The fraction of sp³-hybridized carbons (Fsp3) is 0.759. The molecule has 0 aliphatic heterocycles. The molecule has 1 aliphatic rings. The van der Waals surface area contributed by atoms with Crippen LogP contribution in [0.3, 0.4) is 0 Å². The van der Waals surface area contributed by atoms with E-state index in [0.29, 0.717) is 35.5 Å². The average molecular weight is 853 g/mol. The van der Waals surface area contributed by atoms with Crippen LogP contribution in [0.15, 0.2) is 58.7 Å². The second-order valence-electron chi connectivity index (χ2n) is 20.4. The molecule has 0 bridgehead atoms. The van der Waals surface area contributed by atoms with Crippen LogP contribution >= 0.6 is 0 Å². The maximum absolute atomic E-state index is 9.31. The molecule has 0 aromatic rings. The second kappa shape index (κ2) is 39.3. The summed E-state index contributed by atoms with van der Waals surface area (Å²) in [6.45, 7) is 38.2. The van der Waals surface area contributed by atoms with Gasteiger partial charge in [0.15, 0.2) is 0 Å². The van der Waals surface area contributed by atoms with E-state index >= 15 is 0 Å². The van der Waals surface area contributed by atoms with Crippen LogP contribution < -0.4 is 0 Å². The van der Waals surface area contributed by atoms with Gasteiger partial charge in [0, 0.05) is 11.8 Å². The summed E-state index contributed by atoms with van der Waals surface area (Å²) in [5.74, 6) is 3.55. The molecule has 62 heavy (non-hydrogen) atoms. The molecule has 1 aliphatic carbocycles. The first-order valence-corrected chi connectivity index (χ1v) is 25.0. The Labute approximate surface area is 388 Å². The van der Waals surface area contributed by atoms with Crippen molar-refractivity contribution in [2.24, 2.45) is 52.8 Å². The third-order valence-electron chi connectivity index (χ3n) is 12.8. The van der Waals surface area contributed by atoms with Gasteiger partial charge in [0.25, 0.3) is 0 Å². The van der Waals surface area contributed by atoms with E-state index in [1.165, 1.54) is 73.7 Å². The highest BCUT2D eigenvalue weighted by Crippen LogP contribution is 2.37. The minimum atomic E-state index is -0.263. The molecule has 0 aromatic heterocycles. The Morgan fingerprint density at radius 2 is 0.968 bits per heavy atom. The van der Waals surface area contributed by atoms with Gasteiger partial charge in [-0.05, 0) is 182 Å². The fourth-order valence-corrected chi connectivity index (χ4v) is 8.27. The van der Waals surface area contributed by atoms with Crippen LogP contribution in [-0.4, -0.2) is 0 Å². The zero-order valence-electron chi connectivity index (χ0n) is 43.9. The predicted octanol–water partition coefficient (Wildman–Crippen LogP) is 19.0. The molecule has 352 valence electrons. The van der Waals surface area contributed by atoms with E-state index in [-0.39, 0.29) is 17.3 Å². The van der Waals surface area contributed by atoms with Crippen LogP contribution in [0.5, 0.6) is 0 Å². The normalized spacial score (nSPS) is 16.1. The van der Waals surface area contributed by atoms with Gasteiger partial charge in [-0.15, -0.1) is 6.58 Å². The van der Waals surface area contributed by atoms with Crippen LogP contribution in [0.4, 0.5) is 0 Å². The quantitative estimate of drug-likeness (QED) is 0.0675. The number of allylic oxidation sites excluding steroid dienone is 9. The lowest BCUT2D eigenvalue weighted by molar-refractivity contribution is 0.270. The maximum atomic E-state index is 9.31. The van der Waals surface area contributed by atoms with Crippen LogP contribution in [0, 0.1) is 98.1 Å². The van der Waals surface area contributed by atoms with Crippen LogP contribution in [0.25, 0.3) is 0 Å². The zero-order chi connectivity index (χ0) is 48.1. The molecule has 0 amide bonds. The Hall–Kier alpha value is -3.34. The van der Waals surface area contributed by atoms with Gasteiger partial charge in [0.1, 0.15) is 0 Å². The summed E-state index contributed by atoms with van der Waals surface area (Å²) in [5, 5.41) is 36.7. The lowest BCUT2D eigenvalue weighted by Crippen LogP contribution is -2.23. The lowest BCUT2D eigenvalue weighted by atomic mass is 9.73. The summed E-state index contributed by atoms with van der Waals surface area (Å²) in [4.78, 5) is 0. The molecule has 0 N–H and O–H groups in total. The standard InChI is InChI=1S/2C15H25N.C15H27N.C13H23N/c1-12(2)7-6-8-13(3)15(11-16)14-9-4-5-10-14;1-12(2)8-7-9-14(5)15(6,11-16)10-13(3)4;1-5-6-7-11-15(12-16)14(4)10-8-9-13(2)3;1-5-7-13(10-14)12(4)9-6-8-11(2)3/h7,13-15H,4-6,8-10H2,1-3H3;8,14H,3,7,9-10H2,1-2,4-6H3;9,14-15H,5-8,10-11H2,1-4H3;8,12-13H,5-7,9H2,1-4H3. The molecule has 1 saturated carbocycles. The number of hydrogen-bond donors (Lipinski definition) is 0. The molecule has 4 nitrogen and oxygen atoms in total. The Morgan fingerprint density at radius 3 is 1.31 bits per heavy atom. The fourth-order valence-electron chi connectivity index (χ4n) is 8.27. The van der Waals surface area contributed by atoms with Gasteiger partial charge in [0.05, 0.1) is 35.6 Å². The number of unbranched alkanes of at least 4 members (excludes halogenated alkanes) is 2. The van der Waals surface area contributed by atoms with Crippen molar-refractivity contribution >= 4 is 0 Å². The van der Waals surface area contributed by atoms with Crippen molar-refractivity contribution in [2.75, 3.05) is 0 Å². The first kappa shape index (κ1) is 63.0. The molecule has 0 spiro atoms. The molecule has 8 unspecified atom stereocenters. The number of rotatable bonds is 25. The van der Waals surface area contributed by atoms with Gasteiger partial charge in [-0.1, -0.05) is 132 Å². The minimum absolute atomic E-state index is 0.255. The molecule has 8 atom stereocenters. The van der Waals surface area contributed by atoms with Crippen molar-refractivity contribution in [3.05, 3.63) is 58.7 Å². The summed E-state index contributed by atoms with van der Waals surface area (Å²) in [5.41, 5.74) is 6.33. The third kappa shape index (κ3) is 34.2. The van der Waals surface area contributed by atoms with Gasteiger partial charge in [-0.2, -0.15) is 21.0 Å². The second-order valence-corrected chi connectivity index (χ2v) is 20.4. The minimum Gasteiger partial charge on any atom is -0.198 e. The summed E-state index contributed by atoms with van der Waals surface area (Å²) in [6, 6.07) is 9.93. The SMILES string of the molecule is C=C(C)CC(C)(C#N)C(C)CCC=C(C)C.CC(C)=CCCC(C)C(C#N)C1CCCC1.CCCC(C#N)C(C)CCC=C(C)C.CCCCCC(C#N)C(C)CCC=C(C)C. The largest absolute Gasteiger partial charge is 0.198 e. The Balaban J connectivity index is -0.000000750. The van der Waals surface area contributed by atoms with Crippen molar-refractivity contribution in [2.45, 2.75) is 233 Å². The number of nitrogens with zero attached hydrogens (tertiary/aromatic N) is 4. The van der Waals surface area contributed by atoms with Crippen molar-refractivity contribution in [1.29, 1.82) is 21.0 Å². The molecular weight excluding hydrogens is 753 g/mol. The monoisotopic (exact) mass is 853 g/mol. The molecule has 0 aromatic carbocycles. The third-order valence-corrected chi connectivity index (χ3v) is 12.8. The van der Waals surface area contributed by atoms with Gasteiger partial charge in [-0.25, -0.2) is 0 Å². The van der Waals surface area contributed by atoms with E-state index in [0.717, 1.165) is 76.2 Å². The molecule has 0 radical (unpaired) electrons. The molecular formula is C58H100N4. The van der Waals surface area contributed by atoms with Crippen LogP contribution in [-0.2, 0) is 0 Å². The first-order valence-electron chi connectivity index (χ1n) is 25.0. The summed E-state index contributed by atoms with van der Waals surface area (Å²) in [6.07, 6.45) is 31.0. The molecule has 1 fully saturated rings. The summed E-state index contributed by atoms with van der Waals surface area (Å²) < 4.78 is 0. The van der Waals surface area contributed by atoms with Crippen molar-refractivity contribution < 1.29 is 0 Å². The van der Waals surface area contributed by atoms with Gasteiger partial charge >= 0.3 is 0 Å². The summed E-state index contributed by atoms with van der Waals surface area (Å²) >= 11 is 0. The van der Waals surface area contributed by atoms with Crippen molar-refractivity contribution in [3.63, 3.8) is 0 Å². The molecule has 1 rings (SSSR count). The van der Waals surface area contributed by atoms with E-state index in [9.17, 15) is 10.5 Å². The lowest BCUT2D eigenvalue weighted by Gasteiger charge is -2.29. The van der Waals surface area contributed by atoms with E-state index in [2.05, 4.69) is 159 Å². The molecule has 0 heterocycles. The van der Waals surface area contributed by atoms with Gasteiger partial charge in [-0.3, -0.25) is 0 Å². The Kier molecular flexibility index (Phi) is 39.9. The number of nitriles is 4. The molecule has 0 saturated heterocycles. The van der Waals surface area contributed by atoms with Crippen LogP contribution in [0.1, 0.15) is 233 Å². The predicted molar refractivity (Wildman–Crippen MR) is 273 cm³/mol. The Bertz CT molecular complexity index is 1440. The average Bonchev–Trinajstić information content (AvgIpc) is 3.73. The Morgan fingerprint density at radius 1 is 0.565 bits per heavy atom. The maximum Gasteiger partial charge on any atom is 0.0693 e. The molecule has 4 heteroatoms. The highest BCUT2D eigenvalue weighted by atomic mass is 14.4. The van der Waals surface area contributed by atoms with Crippen molar-refractivity contribution in [1.82, 2.24) is 0 Å². The van der Waals surface area contributed by atoms with E-state index in [4.69, 9.17) is 10.5 Å². The smallest absolute Gasteiger partial charge is 0.0693 e. The zero-order valence-corrected chi connectivity index (χ0v) is 43.9. The highest BCUT2D eigenvalue weighted by molar-refractivity contribution is 5.08. The summed E-state index contributed by atoms with van der Waals surface area (Å²) in [7, 11) is 0. The van der Waals surface area contributed by atoms with Gasteiger partial charge in [0.2, 0.25) is 0 Å². The van der Waals surface area contributed by atoms with Gasteiger partial charge < -0.3 is 0 Å². The first-order chi connectivity index (χ1) is 29.2. The van der Waals surface area contributed by atoms with Crippen LogP contribution in [0.2, 0.25) is 0 Å². The van der Waals surface area contributed by atoms with Crippen molar-refractivity contribution in [3.8, 4) is 24.3 Å². The highest BCUT2D eigenvalue weighted by Gasteiger charge is 2.31. The van der Waals surface area contributed by atoms with E-state index < -0.39 is 0 Å². The number of hydrogen-bond acceptors (Lipinski definition) is 4. The van der Waals surface area contributed by atoms with E-state index in [1.807, 2.05) is 6.92 Å².